The molecule has 1 N–H and O–H groups in total. The molecular weight excluding hydrogens is 267 g/mol. The van der Waals surface area contributed by atoms with Crippen LogP contribution in [0.15, 0.2) is 24.3 Å². The maximum Gasteiger partial charge on any atom is 0.225 e. The van der Waals surface area contributed by atoms with Crippen LogP contribution in [0.3, 0.4) is 0 Å². The van der Waals surface area contributed by atoms with Gasteiger partial charge in [0.1, 0.15) is 5.82 Å². The molecule has 1 aromatic rings. The number of anilines is 1. The first-order valence-electron chi connectivity index (χ1n) is 7.64. The molecule has 0 aliphatic heterocycles. The van der Waals surface area contributed by atoms with E-state index in [1.807, 2.05) is 0 Å². The van der Waals surface area contributed by atoms with Crippen LogP contribution in [0, 0.1) is 17.7 Å². The molecule has 4 heteroatoms. The molecule has 0 saturated carbocycles. The van der Waals surface area contributed by atoms with E-state index in [1.165, 1.54) is 12.1 Å². The van der Waals surface area contributed by atoms with E-state index < -0.39 is 0 Å². The molecule has 0 fully saturated rings. The van der Waals surface area contributed by atoms with Gasteiger partial charge in [-0.1, -0.05) is 33.8 Å². The van der Waals surface area contributed by atoms with Gasteiger partial charge in [-0.05, 0) is 30.0 Å². The fraction of sp³-hybridized carbons (Fsp3) is 0.588. The molecule has 0 spiro atoms. The molecule has 0 bridgehead atoms. The Labute approximate surface area is 127 Å². The monoisotopic (exact) mass is 294 g/mol. The zero-order chi connectivity index (χ0) is 15.8. The van der Waals surface area contributed by atoms with Crippen LogP contribution in [0.4, 0.5) is 10.1 Å². The lowest BCUT2D eigenvalue weighted by Crippen LogP contribution is -2.34. The highest BCUT2D eigenvalue weighted by molar-refractivity contribution is 5.90. The second kappa shape index (κ2) is 8.78. The van der Waals surface area contributed by atoms with Gasteiger partial charge in [0.25, 0.3) is 0 Å². The third-order valence-corrected chi connectivity index (χ3v) is 3.01. The summed E-state index contributed by atoms with van der Waals surface area (Å²) in [6.07, 6.45) is 0.427. The second-order valence-corrected chi connectivity index (χ2v) is 6.36. The van der Waals surface area contributed by atoms with Gasteiger partial charge in [0.2, 0.25) is 5.91 Å². The molecule has 0 atom stereocenters. The summed E-state index contributed by atoms with van der Waals surface area (Å²) < 4.78 is 13.1. The molecule has 0 aliphatic rings. The van der Waals surface area contributed by atoms with Gasteiger partial charge >= 0.3 is 0 Å². The van der Waals surface area contributed by atoms with Gasteiger partial charge in [-0.15, -0.1) is 0 Å². The molecule has 118 valence electrons. The number of rotatable bonds is 8. The number of nitrogens with one attached hydrogen (secondary N) is 1. The summed E-state index contributed by atoms with van der Waals surface area (Å²) in [6.45, 7) is 11.4. The maximum atomic E-state index is 13.1. The van der Waals surface area contributed by atoms with E-state index in [9.17, 15) is 9.18 Å². The van der Waals surface area contributed by atoms with E-state index in [2.05, 4.69) is 37.9 Å². The standard InChI is InChI=1S/C17H27FN2O/c1-13(2)11-20(12-14(3)4)9-8-17(21)19-16-7-5-6-15(18)10-16/h5-7,10,13-14H,8-9,11-12H2,1-4H3,(H,19,21). The van der Waals surface area contributed by atoms with E-state index in [4.69, 9.17) is 0 Å². The summed E-state index contributed by atoms with van der Waals surface area (Å²) in [5.41, 5.74) is 0.513. The summed E-state index contributed by atoms with van der Waals surface area (Å²) in [5, 5.41) is 2.74. The van der Waals surface area contributed by atoms with Crippen molar-refractivity contribution in [3.8, 4) is 0 Å². The lowest BCUT2D eigenvalue weighted by atomic mass is 10.1. The first kappa shape index (κ1) is 17.6. The van der Waals surface area contributed by atoms with Gasteiger partial charge in [-0.25, -0.2) is 4.39 Å². The van der Waals surface area contributed by atoms with Crippen LogP contribution < -0.4 is 5.32 Å². The smallest absolute Gasteiger partial charge is 0.225 e. The van der Waals surface area contributed by atoms with Crippen LogP contribution in [0.5, 0.6) is 0 Å². The molecule has 21 heavy (non-hydrogen) atoms. The van der Waals surface area contributed by atoms with Crippen molar-refractivity contribution in [2.24, 2.45) is 11.8 Å². The summed E-state index contributed by atoms with van der Waals surface area (Å²) in [4.78, 5) is 14.3. The minimum absolute atomic E-state index is 0.0712. The van der Waals surface area contributed by atoms with Gasteiger partial charge < -0.3 is 10.2 Å². The third-order valence-electron chi connectivity index (χ3n) is 3.01. The molecule has 1 rings (SSSR count). The van der Waals surface area contributed by atoms with Crippen molar-refractivity contribution in [3.05, 3.63) is 30.1 Å². The van der Waals surface area contributed by atoms with Crippen molar-refractivity contribution in [2.75, 3.05) is 25.0 Å². The first-order valence-corrected chi connectivity index (χ1v) is 7.64. The minimum atomic E-state index is -0.339. The summed E-state index contributed by atoms with van der Waals surface area (Å²) in [7, 11) is 0. The molecule has 3 nitrogen and oxygen atoms in total. The predicted molar refractivity (Wildman–Crippen MR) is 85.8 cm³/mol. The van der Waals surface area contributed by atoms with Crippen molar-refractivity contribution in [1.82, 2.24) is 4.90 Å². The number of hydrogen-bond acceptors (Lipinski definition) is 2. The predicted octanol–water partition coefficient (Wildman–Crippen LogP) is 3.77. The zero-order valence-corrected chi connectivity index (χ0v) is 13.5. The van der Waals surface area contributed by atoms with E-state index in [1.54, 1.807) is 12.1 Å². The Morgan fingerprint density at radius 3 is 2.33 bits per heavy atom. The Bertz CT molecular complexity index is 436. The summed E-state index contributed by atoms with van der Waals surface area (Å²) >= 11 is 0. The van der Waals surface area contributed by atoms with Crippen molar-refractivity contribution >= 4 is 11.6 Å². The Hall–Kier alpha value is -1.42. The quantitative estimate of drug-likeness (QED) is 0.791. The van der Waals surface area contributed by atoms with Crippen LogP contribution in [0.1, 0.15) is 34.1 Å². The second-order valence-electron chi connectivity index (χ2n) is 6.36. The number of benzene rings is 1. The Morgan fingerprint density at radius 1 is 1.19 bits per heavy atom. The largest absolute Gasteiger partial charge is 0.326 e. The number of carbonyl (C=O) groups is 1. The summed E-state index contributed by atoms with van der Waals surface area (Å²) in [6, 6.07) is 5.98. The van der Waals surface area contributed by atoms with Gasteiger partial charge in [-0.2, -0.15) is 0 Å². The molecule has 0 unspecified atom stereocenters. The highest BCUT2D eigenvalue weighted by atomic mass is 19.1. The Balaban J connectivity index is 2.45. The number of nitrogens with zero attached hydrogens (tertiary/aromatic N) is 1. The molecule has 1 aromatic carbocycles. The van der Waals surface area contributed by atoms with Gasteiger partial charge in [0.15, 0.2) is 0 Å². The fourth-order valence-electron chi connectivity index (χ4n) is 2.34. The third kappa shape index (κ3) is 7.81. The fourth-order valence-corrected chi connectivity index (χ4v) is 2.34. The Kier molecular flexibility index (Phi) is 7.37. The Morgan fingerprint density at radius 2 is 1.81 bits per heavy atom. The van der Waals surface area contributed by atoms with Crippen LogP contribution in [0.2, 0.25) is 0 Å². The number of carbonyl (C=O) groups excluding carboxylic acids is 1. The van der Waals surface area contributed by atoms with Crippen molar-refractivity contribution < 1.29 is 9.18 Å². The molecule has 1 amide bonds. The number of hydrogen-bond donors (Lipinski definition) is 1. The lowest BCUT2D eigenvalue weighted by molar-refractivity contribution is -0.116. The van der Waals surface area contributed by atoms with Gasteiger partial charge in [0, 0.05) is 31.7 Å². The summed E-state index contributed by atoms with van der Waals surface area (Å²) in [5.74, 6) is 0.747. The normalized spacial score (nSPS) is 11.4. The SMILES string of the molecule is CC(C)CN(CCC(=O)Nc1cccc(F)c1)CC(C)C. The van der Waals surface area contributed by atoms with Gasteiger partial charge in [0.05, 0.1) is 0 Å². The molecule has 0 aliphatic carbocycles. The molecular formula is C17H27FN2O. The average Bonchev–Trinajstić information content (AvgIpc) is 2.34. The van der Waals surface area contributed by atoms with Crippen LogP contribution in [-0.4, -0.2) is 30.4 Å². The topological polar surface area (TPSA) is 32.3 Å². The van der Waals surface area contributed by atoms with E-state index >= 15 is 0 Å². The average molecular weight is 294 g/mol. The van der Waals surface area contributed by atoms with Crippen molar-refractivity contribution in [1.29, 1.82) is 0 Å². The van der Waals surface area contributed by atoms with E-state index in [-0.39, 0.29) is 11.7 Å². The van der Waals surface area contributed by atoms with E-state index in [0.717, 1.165) is 19.6 Å². The highest BCUT2D eigenvalue weighted by Crippen LogP contribution is 2.10. The highest BCUT2D eigenvalue weighted by Gasteiger charge is 2.12. The van der Waals surface area contributed by atoms with Crippen molar-refractivity contribution in [3.63, 3.8) is 0 Å². The molecule has 0 saturated heterocycles. The number of amides is 1. The molecule has 0 heterocycles. The molecule has 0 aromatic heterocycles. The van der Waals surface area contributed by atoms with E-state index in [0.29, 0.717) is 23.9 Å². The molecule has 0 radical (unpaired) electrons. The maximum absolute atomic E-state index is 13.1. The number of halogens is 1. The van der Waals surface area contributed by atoms with Crippen LogP contribution in [-0.2, 0) is 4.79 Å². The van der Waals surface area contributed by atoms with Crippen LogP contribution in [0.25, 0.3) is 0 Å². The first-order chi connectivity index (χ1) is 9.86. The zero-order valence-electron chi connectivity index (χ0n) is 13.5. The minimum Gasteiger partial charge on any atom is -0.326 e. The van der Waals surface area contributed by atoms with Gasteiger partial charge in [-0.3, -0.25) is 4.79 Å². The van der Waals surface area contributed by atoms with Crippen molar-refractivity contribution in [2.45, 2.75) is 34.1 Å². The lowest BCUT2D eigenvalue weighted by Gasteiger charge is -2.25. The van der Waals surface area contributed by atoms with Crippen LogP contribution >= 0.6 is 0 Å².